The van der Waals surface area contributed by atoms with Crippen molar-refractivity contribution in [3.8, 4) is 0 Å². The van der Waals surface area contributed by atoms with Gasteiger partial charge in [0.15, 0.2) is 0 Å². The van der Waals surface area contributed by atoms with Crippen molar-refractivity contribution >= 4 is 22.9 Å². The number of carbonyl (C=O) groups is 1. The van der Waals surface area contributed by atoms with Crippen LogP contribution in [0.2, 0.25) is 0 Å². The van der Waals surface area contributed by atoms with E-state index in [1.165, 1.54) is 30.5 Å². The fraction of sp³-hybridized carbons (Fsp3) is 0.214. The first-order chi connectivity index (χ1) is 9.91. The molecule has 2 aromatic rings. The number of benzene rings is 1. The molecule has 0 spiro atoms. The molecule has 0 saturated heterocycles. The summed E-state index contributed by atoms with van der Waals surface area (Å²) < 4.78 is 38.8. The van der Waals surface area contributed by atoms with E-state index in [0.717, 1.165) is 10.9 Å². The molecule has 21 heavy (non-hydrogen) atoms. The van der Waals surface area contributed by atoms with Gasteiger partial charge in [-0.25, -0.2) is 0 Å². The average molecular weight is 314 g/mol. The van der Waals surface area contributed by atoms with Gasteiger partial charge in [0, 0.05) is 23.2 Å². The van der Waals surface area contributed by atoms with Crippen molar-refractivity contribution in [3.05, 3.63) is 51.7 Å². The Bertz CT molecular complexity index is 624. The van der Waals surface area contributed by atoms with Crippen molar-refractivity contribution in [2.45, 2.75) is 12.7 Å². The molecule has 1 aromatic carbocycles. The van der Waals surface area contributed by atoms with E-state index in [0.29, 0.717) is 6.54 Å². The first-order valence-electron chi connectivity index (χ1n) is 6.11. The van der Waals surface area contributed by atoms with Gasteiger partial charge in [-0.1, -0.05) is 6.07 Å². The molecule has 0 saturated carbocycles. The number of alkyl halides is 3. The van der Waals surface area contributed by atoms with Crippen LogP contribution >= 0.6 is 11.3 Å². The average Bonchev–Trinajstić information content (AvgIpc) is 2.96. The van der Waals surface area contributed by atoms with Gasteiger partial charge >= 0.3 is 6.18 Å². The Kier molecular flexibility index (Phi) is 4.52. The summed E-state index contributed by atoms with van der Waals surface area (Å²) in [6.45, 7) is 0.297. The lowest BCUT2D eigenvalue weighted by molar-refractivity contribution is -0.136. The summed E-state index contributed by atoms with van der Waals surface area (Å²) in [5.41, 5.74) is -0.927. The normalized spacial score (nSPS) is 11.2. The molecular weight excluding hydrogens is 301 g/mol. The highest BCUT2D eigenvalue weighted by atomic mass is 32.1. The third-order valence-electron chi connectivity index (χ3n) is 2.86. The van der Waals surface area contributed by atoms with Gasteiger partial charge in [-0.3, -0.25) is 4.79 Å². The Morgan fingerprint density at radius 2 is 2.05 bits per heavy atom. The molecule has 0 fully saturated rings. The monoisotopic (exact) mass is 314 g/mol. The molecule has 112 valence electrons. The standard InChI is InChI=1S/C14H13F3N2OS/c1-18-12-5-4-9(7-11(12)14(15,16)17)13(20)19-8-10-3-2-6-21-10/h2-7,18H,8H2,1H3,(H,19,20). The quantitative estimate of drug-likeness (QED) is 0.902. The second-order valence-corrected chi connectivity index (χ2v) is 5.30. The van der Waals surface area contributed by atoms with E-state index in [4.69, 9.17) is 0 Å². The number of nitrogens with one attached hydrogen (secondary N) is 2. The summed E-state index contributed by atoms with van der Waals surface area (Å²) in [7, 11) is 1.40. The van der Waals surface area contributed by atoms with Crippen molar-refractivity contribution in [2.75, 3.05) is 12.4 Å². The van der Waals surface area contributed by atoms with Gasteiger partial charge in [0.25, 0.3) is 5.91 Å². The third kappa shape index (κ3) is 3.75. The minimum atomic E-state index is -4.51. The highest BCUT2D eigenvalue weighted by molar-refractivity contribution is 7.09. The lowest BCUT2D eigenvalue weighted by atomic mass is 10.1. The largest absolute Gasteiger partial charge is 0.418 e. The van der Waals surface area contributed by atoms with Gasteiger partial charge in [-0.15, -0.1) is 11.3 Å². The molecule has 0 aliphatic rings. The zero-order valence-electron chi connectivity index (χ0n) is 11.1. The molecule has 0 aliphatic carbocycles. The number of amides is 1. The summed E-state index contributed by atoms with van der Waals surface area (Å²) in [5.74, 6) is -0.531. The molecular formula is C14H13F3N2OS. The van der Waals surface area contributed by atoms with E-state index in [2.05, 4.69) is 10.6 Å². The molecule has 2 rings (SSSR count). The highest BCUT2D eigenvalue weighted by Crippen LogP contribution is 2.35. The van der Waals surface area contributed by atoms with Crippen LogP contribution in [0.15, 0.2) is 35.7 Å². The van der Waals surface area contributed by atoms with Crippen LogP contribution in [0.3, 0.4) is 0 Å². The number of anilines is 1. The number of hydrogen-bond donors (Lipinski definition) is 2. The smallest absolute Gasteiger partial charge is 0.388 e. The number of hydrogen-bond acceptors (Lipinski definition) is 3. The van der Waals surface area contributed by atoms with Gasteiger partial charge in [-0.05, 0) is 29.6 Å². The predicted octanol–water partition coefficient (Wildman–Crippen LogP) is 3.74. The lowest BCUT2D eigenvalue weighted by Gasteiger charge is -2.14. The molecule has 0 aliphatic heterocycles. The number of thiophene rings is 1. The van der Waals surface area contributed by atoms with Gasteiger partial charge in [0.1, 0.15) is 0 Å². The van der Waals surface area contributed by atoms with Crippen LogP contribution in [-0.4, -0.2) is 13.0 Å². The first kappa shape index (κ1) is 15.4. The van der Waals surface area contributed by atoms with Gasteiger partial charge in [0.05, 0.1) is 12.1 Å². The number of rotatable bonds is 4. The fourth-order valence-electron chi connectivity index (χ4n) is 1.82. The zero-order chi connectivity index (χ0) is 15.5. The summed E-state index contributed by atoms with van der Waals surface area (Å²) in [5, 5.41) is 6.94. The van der Waals surface area contributed by atoms with Crippen LogP contribution in [0.25, 0.3) is 0 Å². The zero-order valence-corrected chi connectivity index (χ0v) is 11.9. The summed E-state index contributed by atoms with van der Waals surface area (Å²) >= 11 is 1.47. The Hall–Kier alpha value is -2.02. The van der Waals surface area contributed by atoms with Crippen LogP contribution in [0, 0.1) is 0 Å². The summed E-state index contributed by atoms with van der Waals surface area (Å²) in [6.07, 6.45) is -4.51. The molecule has 0 atom stereocenters. The Morgan fingerprint density at radius 1 is 1.29 bits per heavy atom. The number of halogens is 3. The second kappa shape index (κ2) is 6.17. The van der Waals surface area contributed by atoms with Crippen LogP contribution in [0.5, 0.6) is 0 Å². The maximum absolute atomic E-state index is 12.9. The summed E-state index contributed by atoms with van der Waals surface area (Å²) in [6, 6.07) is 7.16. The third-order valence-corrected chi connectivity index (χ3v) is 3.74. The van der Waals surface area contributed by atoms with E-state index in [1.54, 1.807) is 0 Å². The van der Waals surface area contributed by atoms with Crippen LogP contribution in [-0.2, 0) is 12.7 Å². The predicted molar refractivity (Wildman–Crippen MR) is 76.5 cm³/mol. The van der Waals surface area contributed by atoms with E-state index in [-0.39, 0.29) is 11.3 Å². The van der Waals surface area contributed by atoms with Crippen LogP contribution < -0.4 is 10.6 Å². The molecule has 1 heterocycles. The van der Waals surface area contributed by atoms with E-state index >= 15 is 0 Å². The summed E-state index contributed by atoms with van der Waals surface area (Å²) in [4.78, 5) is 12.9. The topological polar surface area (TPSA) is 41.1 Å². The molecule has 1 aromatic heterocycles. The molecule has 0 radical (unpaired) electrons. The lowest BCUT2D eigenvalue weighted by Crippen LogP contribution is -2.23. The number of carbonyl (C=O) groups excluding carboxylic acids is 1. The minimum absolute atomic E-state index is 0.0159. The highest BCUT2D eigenvalue weighted by Gasteiger charge is 2.34. The molecule has 1 amide bonds. The van der Waals surface area contributed by atoms with E-state index < -0.39 is 17.6 Å². The van der Waals surface area contributed by atoms with Crippen LogP contribution in [0.1, 0.15) is 20.8 Å². The van der Waals surface area contributed by atoms with Crippen molar-refractivity contribution in [2.24, 2.45) is 0 Å². The maximum Gasteiger partial charge on any atom is 0.418 e. The second-order valence-electron chi connectivity index (χ2n) is 4.27. The Labute approximate surface area is 123 Å². The van der Waals surface area contributed by atoms with Crippen LogP contribution in [0.4, 0.5) is 18.9 Å². The molecule has 7 heteroatoms. The molecule has 3 nitrogen and oxygen atoms in total. The maximum atomic E-state index is 12.9. The van der Waals surface area contributed by atoms with Crippen molar-refractivity contribution in [1.29, 1.82) is 0 Å². The SMILES string of the molecule is CNc1ccc(C(=O)NCc2cccs2)cc1C(F)(F)F. The first-order valence-corrected chi connectivity index (χ1v) is 6.99. The van der Waals surface area contributed by atoms with E-state index in [1.807, 2.05) is 17.5 Å². The minimum Gasteiger partial charge on any atom is -0.388 e. The van der Waals surface area contributed by atoms with Crippen molar-refractivity contribution in [3.63, 3.8) is 0 Å². The van der Waals surface area contributed by atoms with Crippen molar-refractivity contribution < 1.29 is 18.0 Å². The fourth-order valence-corrected chi connectivity index (χ4v) is 2.47. The Morgan fingerprint density at radius 3 is 2.62 bits per heavy atom. The molecule has 0 bridgehead atoms. The van der Waals surface area contributed by atoms with Gasteiger partial charge < -0.3 is 10.6 Å². The van der Waals surface area contributed by atoms with Gasteiger partial charge in [0.2, 0.25) is 0 Å². The van der Waals surface area contributed by atoms with Crippen molar-refractivity contribution in [1.82, 2.24) is 5.32 Å². The van der Waals surface area contributed by atoms with Gasteiger partial charge in [-0.2, -0.15) is 13.2 Å². The molecule has 2 N–H and O–H groups in total. The molecule has 0 unspecified atom stereocenters. The Balaban J connectivity index is 2.17. The van der Waals surface area contributed by atoms with E-state index in [9.17, 15) is 18.0 Å².